The lowest BCUT2D eigenvalue weighted by Gasteiger charge is -2.26. The number of phenols is 2. The van der Waals surface area contributed by atoms with Crippen molar-refractivity contribution in [2.24, 2.45) is 7.05 Å². The number of carbonyl (C=O) groups excluding carboxylic acids is 1. The molecule has 0 fully saturated rings. The first kappa shape index (κ1) is 18.9. The third kappa shape index (κ3) is 2.79. The Morgan fingerprint density at radius 1 is 1.13 bits per heavy atom. The van der Waals surface area contributed by atoms with E-state index >= 15 is 0 Å². The molecule has 156 valence electrons. The number of aromatic nitrogens is 2. The van der Waals surface area contributed by atoms with Crippen molar-refractivity contribution >= 4 is 16.9 Å². The van der Waals surface area contributed by atoms with Gasteiger partial charge in [-0.3, -0.25) is 14.3 Å². The molecular weight excluding hydrogens is 400 g/mol. The molecule has 0 saturated heterocycles. The fraction of sp³-hybridized carbons (Fsp3) is 0.174. The number of hydrogen-bond acceptors (Lipinski definition) is 7. The van der Waals surface area contributed by atoms with E-state index in [9.17, 15) is 19.8 Å². The molecule has 2 N–H and O–H groups in total. The average molecular weight is 418 g/mol. The van der Waals surface area contributed by atoms with Crippen LogP contribution in [0.1, 0.15) is 29.2 Å². The van der Waals surface area contributed by atoms with Gasteiger partial charge in [-0.05, 0) is 6.92 Å². The summed E-state index contributed by atoms with van der Waals surface area (Å²) >= 11 is 0. The Bertz CT molecular complexity index is 1420. The van der Waals surface area contributed by atoms with Crippen molar-refractivity contribution in [3.05, 3.63) is 69.6 Å². The molecule has 3 heterocycles. The summed E-state index contributed by atoms with van der Waals surface area (Å²) in [6, 6.07) is 10.3. The number of carbonyl (C=O) groups is 1. The van der Waals surface area contributed by atoms with Gasteiger partial charge in [-0.25, -0.2) is 0 Å². The predicted molar refractivity (Wildman–Crippen MR) is 111 cm³/mol. The van der Waals surface area contributed by atoms with Crippen molar-refractivity contribution in [1.29, 1.82) is 0 Å². The van der Waals surface area contributed by atoms with Crippen LogP contribution in [-0.2, 0) is 11.8 Å². The van der Waals surface area contributed by atoms with Crippen LogP contribution in [0.25, 0.3) is 22.3 Å². The number of ether oxygens (including phenoxy) is 1. The highest BCUT2D eigenvalue weighted by molar-refractivity contribution is 5.96. The molecule has 8 heteroatoms. The van der Waals surface area contributed by atoms with E-state index in [4.69, 9.17) is 9.15 Å². The molecule has 0 radical (unpaired) electrons. The summed E-state index contributed by atoms with van der Waals surface area (Å²) in [5, 5.41) is 25.2. The van der Waals surface area contributed by atoms with Gasteiger partial charge in [-0.1, -0.05) is 30.3 Å². The molecule has 0 spiro atoms. The first-order valence-corrected chi connectivity index (χ1v) is 9.67. The van der Waals surface area contributed by atoms with Crippen molar-refractivity contribution in [1.82, 2.24) is 9.78 Å². The topological polar surface area (TPSA) is 115 Å². The van der Waals surface area contributed by atoms with Gasteiger partial charge >= 0.3 is 5.97 Å². The van der Waals surface area contributed by atoms with Crippen LogP contribution in [-0.4, -0.2) is 26.0 Å². The van der Waals surface area contributed by atoms with Gasteiger partial charge in [-0.2, -0.15) is 5.10 Å². The second kappa shape index (κ2) is 6.73. The summed E-state index contributed by atoms with van der Waals surface area (Å²) in [6.45, 7) is 1.86. The van der Waals surface area contributed by atoms with E-state index in [1.54, 1.807) is 30.1 Å². The van der Waals surface area contributed by atoms with Crippen molar-refractivity contribution in [3.63, 3.8) is 0 Å². The first-order valence-electron chi connectivity index (χ1n) is 9.67. The summed E-state index contributed by atoms with van der Waals surface area (Å²) < 4.78 is 13.1. The molecule has 8 nitrogen and oxygen atoms in total. The maximum Gasteiger partial charge on any atom is 0.312 e. The lowest BCUT2D eigenvalue weighted by Crippen LogP contribution is -2.22. The largest absolute Gasteiger partial charge is 0.504 e. The lowest BCUT2D eigenvalue weighted by molar-refractivity contribution is -0.135. The third-order valence-corrected chi connectivity index (χ3v) is 5.76. The van der Waals surface area contributed by atoms with E-state index in [0.29, 0.717) is 16.9 Å². The van der Waals surface area contributed by atoms with Crippen LogP contribution in [0.4, 0.5) is 0 Å². The van der Waals surface area contributed by atoms with Gasteiger partial charge < -0.3 is 19.4 Å². The van der Waals surface area contributed by atoms with Gasteiger partial charge in [0.2, 0.25) is 5.75 Å². The highest BCUT2D eigenvalue weighted by Gasteiger charge is 2.37. The van der Waals surface area contributed by atoms with E-state index in [2.05, 4.69) is 5.10 Å². The maximum atomic E-state index is 13.0. The minimum absolute atomic E-state index is 0.0296. The zero-order valence-corrected chi connectivity index (χ0v) is 16.7. The van der Waals surface area contributed by atoms with Crippen molar-refractivity contribution in [2.45, 2.75) is 19.3 Å². The normalized spacial score (nSPS) is 15.7. The zero-order valence-electron chi connectivity index (χ0n) is 16.7. The third-order valence-electron chi connectivity index (χ3n) is 5.76. The van der Waals surface area contributed by atoms with Crippen LogP contribution in [0.3, 0.4) is 0 Å². The van der Waals surface area contributed by atoms with Crippen molar-refractivity contribution in [3.8, 4) is 28.6 Å². The van der Waals surface area contributed by atoms with Crippen LogP contribution in [0.5, 0.6) is 17.2 Å². The van der Waals surface area contributed by atoms with Crippen LogP contribution >= 0.6 is 0 Å². The molecule has 1 aliphatic rings. The Kier molecular flexibility index (Phi) is 4.11. The molecule has 0 amide bonds. The number of aromatic hydroxyl groups is 2. The Morgan fingerprint density at radius 2 is 1.87 bits per heavy atom. The van der Waals surface area contributed by atoms with Gasteiger partial charge in [0.25, 0.3) is 0 Å². The molecule has 2 aromatic carbocycles. The van der Waals surface area contributed by atoms with Crippen LogP contribution in [0.2, 0.25) is 0 Å². The van der Waals surface area contributed by atoms with E-state index in [0.717, 1.165) is 11.3 Å². The average Bonchev–Trinajstić information content (AvgIpc) is 3.09. The molecule has 31 heavy (non-hydrogen) atoms. The summed E-state index contributed by atoms with van der Waals surface area (Å²) in [5.74, 6) is -2.41. The molecule has 5 rings (SSSR count). The summed E-state index contributed by atoms with van der Waals surface area (Å²) in [7, 11) is 1.78. The highest BCUT2D eigenvalue weighted by atomic mass is 16.5. The molecule has 1 atom stereocenters. The van der Waals surface area contributed by atoms with Crippen LogP contribution in [0, 0.1) is 6.92 Å². The number of aryl methyl sites for hydroxylation is 1. The van der Waals surface area contributed by atoms with Crippen molar-refractivity contribution in [2.75, 3.05) is 0 Å². The molecule has 2 aromatic heterocycles. The van der Waals surface area contributed by atoms with Gasteiger partial charge in [0.1, 0.15) is 16.7 Å². The quantitative estimate of drug-likeness (QED) is 0.291. The van der Waals surface area contributed by atoms with Gasteiger partial charge in [0.05, 0.1) is 18.2 Å². The number of nitrogens with zero attached hydrogens (tertiary/aromatic N) is 2. The Balaban J connectivity index is 1.90. The molecule has 0 saturated carbocycles. The first-order chi connectivity index (χ1) is 14.9. The van der Waals surface area contributed by atoms with E-state index in [1.165, 1.54) is 6.07 Å². The molecule has 0 unspecified atom stereocenters. The fourth-order valence-corrected chi connectivity index (χ4v) is 4.08. The number of esters is 1. The van der Waals surface area contributed by atoms with Gasteiger partial charge in [0, 0.05) is 35.9 Å². The lowest BCUT2D eigenvalue weighted by atomic mass is 9.85. The standard InChI is InChI=1S/C23H18N2O6/c1-11-14(10-24-25(11)2)13-8-17(27)31-23-18(13)22-19(20(28)21(23)29)15(26)9-16(30-22)12-6-4-3-5-7-12/h3-7,9-10,13,28-29H,8H2,1-2H3/t13-/m0/s1. The molecule has 4 aromatic rings. The van der Waals surface area contributed by atoms with Crippen LogP contribution in [0.15, 0.2) is 51.8 Å². The van der Waals surface area contributed by atoms with E-state index < -0.39 is 28.8 Å². The summed E-state index contributed by atoms with van der Waals surface area (Å²) in [6.07, 6.45) is 1.61. The van der Waals surface area contributed by atoms with E-state index in [-0.39, 0.29) is 23.1 Å². The molecule has 1 aliphatic heterocycles. The minimum atomic E-state index is -0.682. The molecular formula is C23H18N2O6. The second-order valence-electron chi connectivity index (χ2n) is 7.52. The number of fused-ring (bicyclic) bond motifs is 3. The second-order valence-corrected chi connectivity index (χ2v) is 7.52. The summed E-state index contributed by atoms with van der Waals surface area (Å²) in [5.41, 5.74) is 2.10. The number of rotatable bonds is 2. The monoisotopic (exact) mass is 418 g/mol. The number of phenolic OH excluding ortho intramolecular Hbond substituents is 2. The number of benzene rings is 2. The van der Waals surface area contributed by atoms with Gasteiger partial charge in [0.15, 0.2) is 16.9 Å². The van der Waals surface area contributed by atoms with Gasteiger partial charge in [-0.15, -0.1) is 0 Å². The maximum absolute atomic E-state index is 13.0. The smallest absolute Gasteiger partial charge is 0.312 e. The van der Waals surface area contributed by atoms with Crippen LogP contribution < -0.4 is 10.2 Å². The van der Waals surface area contributed by atoms with E-state index in [1.807, 2.05) is 25.1 Å². The van der Waals surface area contributed by atoms with Crippen molar-refractivity contribution < 1.29 is 24.2 Å². The summed E-state index contributed by atoms with van der Waals surface area (Å²) in [4.78, 5) is 25.3. The minimum Gasteiger partial charge on any atom is -0.504 e. The molecule has 0 aliphatic carbocycles. The predicted octanol–water partition coefficient (Wildman–Crippen LogP) is 3.35. The SMILES string of the molecule is Cc1c([C@@H]2CC(=O)Oc3c(O)c(O)c4c(=O)cc(-c5ccccc5)oc4c32)cnn1C. The Hall–Kier alpha value is -4.07. The highest BCUT2D eigenvalue weighted by Crippen LogP contribution is 2.52. The number of hydrogen-bond donors (Lipinski definition) is 2. The Labute approximate surface area is 175 Å². The zero-order chi connectivity index (χ0) is 21.9. The fourth-order valence-electron chi connectivity index (χ4n) is 4.08. The Morgan fingerprint density at radius 3 is 2.55 bits per heavy atom. The molecule has 0 bridgehead atoms.